The summed E-state index contributed by atoms with van der Waals surface area (Å²) in [6, 6.07) is 18.1. The zero-order valence-electron chi connectivity index (χ0n) is 14.9. The SMILES string of the molecule is Cc1cc(CN(C)C(=O)C[C@@H](c2ccccc2)c2ccccc2F)n[nH]1. The molecule has 1 aromatic heterocycles. The van der Waals surface area contributed by atoms with Gasteiger partial charge in [0.2, 0.25) is 5.91 Å². The van der Waals surface area contributed by atoms with Crippen LogP contribution < -0.4 is 0 Å². The number of nitrogens with zero attached hydrogens (tertiary/aromatic N) is 2. The minimum Gasteiger partial charge on any atom is -0.340 e. The van der Waals surface area contributed by atoms with Crippen molar-refractivity contribution in [2.24, 2.45) is 0 Å². The number of carbonyl (C=O) groups is 1. The predicted molar refractivity (Wildman–Crippen MR) is 99.1 cm³/mol. The van der Waals surface area contributed by atoms with Crippen LogP contribution in [0.5, 0.6) is 0 Å². The van der Waals surface area contributed by atoms with Crippen molar-refractivity contribution in [3.8, 4) is 0 Å². The fourth-order valence-corrected chi connectivity index (χ4v) is 3.07. The number of rotatable bonds is 6. The maximum atomic E-state index is 14.4. The van der Waals surface area contributed by atoms with Crippen LogP contribution in [0, 0.1) is 12.7 Å². The summed E-state index contributed by atoms with van der Waals surface area (Å²) in [4.78, 5) is 14.4. The van der Waals surface area contributed by atoms with Gasteiger partial charge in [0.15, 0.2) is 0 Å². The maximum absolute atomic E-state index is 14.4. The summed E-state index contributed by atoms with van der Waals surface area (Å²) >= 11 is 0. The summed E-state index contributed by atoms with van der Waals surface area (Å²) in [5.41, 5.74) is 3.22. The van der Waals surface area contributed by atoms with Crippen molar-refractivity contribution < 1.29 is 9.18 Å². The summed E-state index contributed by atoms with van der Waals surface area (Å²) in [7, 11) is 1.75. The van der Waals surface area contributed by atoms with Gasteiger partial charge < -0.3 is 4.90 Å². The standard InChI is InChI=1S/C21H22FN3O/c1-15-12-17(24-23-15)14-25(2)21(26)13-19(16-8-4-3-5-9-16)18-10-6-7-11-20(18)22/h3-12,19H,13-14H2,1-2H3,(H,23,24)/t19-/m0/s1. The molecule has 0 bridgehead atoms. The number of hydrogen-bond acceptors (Lipinski definition) is 2. The molecular weight excluding hydrogens is 329 g/mol. The number of carbonyl (C=O) groups excluding carboxylic acids is 1. The van der Waals surface area contributed by atoms with Crippen LogP contribution in [-0.4, -0.2) is 28.1 Å². The molecule has 1 atom stereocenters. The summed E-state index contributed by atoms with van der Waals surface area (Å²) in [5, 5.41) is 7.04. The minimum absolute atomic E-state index is 0.0530. The van der Waals surface area contributed by atoms with E-state index in [4.69, 9.17) is 0 Å². The first-order valence-electron chi connectivity index (χ1n) is 8.59. The van der Waals surface area contributed by atoms with Crippen molar-refractivity contribution in [1.29, 1.82) is 0 Å². The lowest BCUT2D eigenvalue weighted by Gasteiger charge is -2.22. The highest BCUT2D eigenvalue weighted by atomic mass is 19.1. The van der Waals surface area contributed by atoms with Gasteiger partial charge in [0.05, 0.1) is 12.2 Å². The average Bonchev–Trinajstić information content (AvgIpc) is 3.05. The molecule has 0 saturated heterocycles. The zero-order valence-corrected chi connectivity index (χ0v) is 14.9. The molecule has 3 rings (SSSR count). The lowest BCUT2D eigenvalue weighted by molar-refractivity contribution is -0.130. The number of hydrogen-bond donors (Lipinski definition) is 1. The summed E-state index contributed by atoms with van der Waals surface area (Å²) in [6.45, 7) is 2.34. The third-order valence-corrected chi connectivity index (χ3v) is 4.45. The Morgan fingerprint density at radius 3 is 2.50 bits per heavy atom. The molecule has 0 saturated carbocycles. The van der Waals surface area contributed by atoms with E-state index in [1.54, 1.807) is 30.1 Å². The fraction of sp³-hybridized carbons (Fsp3) is 0.238. The van der Waals surface area contributed by atoms with Gasteiger partial charge >= 0.3 is 0 Å². The van der Waals surface area contributed by atoms with E-state index >= 15 is 0 Å². The third kappa shape index (κ3) is 4.17. The quantitative estimate of drug-likeness (QED) is 0.729. The van der Waals surface area contributed by atoms with Gasteiger partial charge in [-0.25, -0.2) is 4.39 Å². The Morgan fingerprint density at radius 1 is 1.15 bits per heavy atom. The van der Waals surface area contributed by atoms with E-state index < -0.39 is 0 Å². The number of amides is 1. The average molecular weight is 351 g/mol. The molecular formula is C21H22FN3O. The van der Waals surface area contributed by atoms with Gasteiger partial charge in [-0.15, -0.1) is 0 Å². The van der Waals surface area contributed by atoms with Crippen LogP contribution in [0.2, 0.25) is 0 Å². The van der Waals surface area contributed by atoms with Crippen LogP contribution in [0.3, 0.4) is 0 Å². The highest BCUT2D eigenvalue weighted by Gasteiger charge is 2.23. The highest BCUT2D eigenvalue weighted by Crippen LogP contribution is 2.30. The van der Waals surface area contributed by atoms with E-state index in [9.17, 15) is 9.18 Å². The predicted octanol–water partition coefficient (Wildman–Crippen LogP) is 4.04. The van der Waals surface area contributed by atoms with Crippen molar-refractivity contribution in [2.75, 3.05) is 7.05 Å². The van der Waals surface area contributed by atoms with Crippen LogP contribution in [0.1, 0.15) is 34.9 Å². The van der Waals surface area contributed by atoms with E-state index in [1.165, 1.54) is 6.07 Å². The molecule has 1 amide bonds. The molecule has 134 valence electrons. The number of benzene rings is 2. The smallest absolute Gasteiger partial charge is 0.223 e. The first kappa shape index (κ1) is 17.9. The molecule has 0 aliphatic heterocycles. The van der Waals surface area contributed by atoms with E-state index in [1.807, 2.05) is 43.3 Å². The molecule has 0 radical (unpaired) electrons. The van der Waals surface area contributed by atoms with Crippen molar-refractivity contribution >= 4 is 5.91 Å². The van der Waals surface area contributed by atoms with Crippen molar-refractivity contribution in [3.05, 3.63) is 89.0 Å². The highest BCUT2D eigenvalue weighted by molar-refractivity contribution is 5.77. The Bertz CT molecular complexity index is 876. The molecule has 2 aromatic carbocycles. The van der Waals surface area contributed by atoms with Crippen LogP contribution in [0.25, 0.3) is 0 Å². The minimum atomic E-state index is -0.326. The Balaban J connectivity index is 1.81. The second-order valence-corrected chi connectivity index (χ2v) is 6.48. The molecule has 0 spiro atoms. The Morgan fingerprint density at radius 2 is 1.85 bits per heavy atom. The van der Waals surface area contributed by atoms with Gasteiger partial charge in [0, 0.05) is 25.1 Å². The summed E-state index contributed by atoms with van der Waals surface area (Å²) < 4.78 is 14.4. The normalized spacial score (nSPS) is 12.0. The van der Waals surface area contributed by atoms with E-state index in [-0.39, 0.29) is 24.1 Å². The molecule has 1 N–H and O–H groups in total. The van der Waals surface area contributed by atoms with Gasteiger partial charge in [0.1, 0.15) is 5.82 Å². The van der Waals surface area contributed by atoms with E-state index in [0.29, 0.717) is 12.1 Å². The lowest BCUT2D eigenvalue weighted by atomic mass is 9.88. The van der Waals surface area contributed by atoms with Crippen LogP contribution >= 0.6 is 0 Å². The fourth-order valence-electron chi connectivity index (χ4n) is 3.07. The number of aromatic nitrogens is 2. The van der Waals surface area contributed by atoms with E-state index in [2.05, 4.69) is 10.2 Å². The number of aromatic amines is 1. The topological polar surface area (TPSA) is 49.0 Å². The molecule has 0 fully saturated rings. The number of aryl methyl sites for hydroxylation is 1. The van der Waals surface area contributed by atoms with Crippen molar-refractivity contribution in [3.63, 3.8) is 0 Å². The molecule has 3 aromatic rings. The second-order valence-electron chi connectivity index (χ2n) is 6.48. The summed E-state index contributed by atoms with van der Waals surface area (Å²) in [5.74, 6) is -0.671. The van der Waals surface area contributed by atoms with Gasteiger partial charge in [-0.1, -0.05) is 48.5 Å². The van der Waals surface area contributed by atoms with Crippen LogP contribution in [0.4, 0.5) is 4.39 Å². The molecule has 0 aliphatic rings. The maximum Gasteiger partial charge on any atom is 0.223 e. The summed E-state index contributed by atoms with van der Waals surface area (Å²) in [6.07, 6.45) is 0.199. The molecule has 26 heavy (non-hydrogen) atoms. The molecule has 1 heterocycles. The Labute approximate surface area is 152 Å². The van der Waals surface area contributed by atoms with Crippen molar-refractivity contribution in [2.45, 2.75) is 25.8 Å². The lowest BCUT2D eigenvalue weighted by Crippen LogP contribution is -2.28. The van der Waals surface area contributed by atoms with Crippen LogP contribution in [0.15, 0.2) is 60.7 Å². The van der Waals surface area contributed by atoms with Crippen molar-refractivity contribution in [1.82, 2.24) is 15.1 Å². The zero-order chi connectivity index (χ0) is 18.5. The monoisotopic (exact) mass is 351 g/mol. The Kier molecular flexibility index (Phi) is 5.46. The van der Waals surface area contributed by atoms with E-state index in [0.717, 1.165) is 17.0 Å². The Hall–Kier alpha value is -2.95. The first-order chi connectivity index (χ1) is 12.5. The van der Waals surface area contributed by atoms with Gasteiger partial charge in [-0.2, -0.15) is 5.10 Å². The third-order valence-electron chi connectivity index (χ3n) is 4.45. The molecule has 0 unspecified atom stereocenters. The molecule has 4 nitrogen and oxygen atoms in total. The van der Waals surface area contributed by atoms with Gasteiger partial charge in [-0.3, -0.25) is 9.89 Å². The largest absolute Gasteiger partial charge is 0.340 e. The number of halogens is 1. The van der Waals surface area contributed by atoms with Gasteiger partial charge in [-0.05, 0) is 30.2 Å². The van der Waals surface area contributed by atoms with Gasteiger partial charge in [0.25, 0.3) is 0 Å². The molecule has 5 heteroatoms. The second kappa shape index (κ2) is 7.95. The molecule has 0 aliphatic carbocycles. The number of H-pyrrole nitrogens is 1. The number of nitrogens with one attached hydrogen (secondary N) is 1. The first-order valence-corrected chi connectivity index (χ1v) is 8.59. The van der Waals surface area contributed by atoms with Crippen LogP contribution in [-0.2, 0) is 11.3 Å².